The van der Waals surface area contributed by atoms with Gasteiger partial charge < -0.3 is 14.6 Å². The van der Waals surface area contributed by atoms with Gasteiger partial charge in [0.1, 0.15) is 12.4 Å². The van der Waals surface area contributed by atoms with Crippen molar-refractivity contribution in [1.82, 2.24) is 9.78 Å². The lowest BCUT2D eigenvalue weighted by molar-refractivity contribution is -0.274. The van der Waals surface area contributed by atoms with Gasteiger partial charge in [-0.25, -0.2) is 13.6 Å². The van der Waals surface area contributed by atoms with Crippen LogP contribution in [0.15, 0.2) is 53.4 Å². The molecule has 1 aromatic heterocycles. The fraction of sp³-hybridized carbons (Fsp3) is 0.211. The molecule has 0 atom stereocenters. The second kappa shape index (κ2) is 8.57. The van der Waals surface area contributed by atoms with Crippen LogP contribution in [-0.4, -0.2) is 42.9 Å². The Morgan fingerprint density at radius 1 is 1.13 bits per heavy atom. The average Bonchev–Trinajstić information content (AvgIpc) is 3.01. The van der Waals surface area contributed by atoms with Crippen LogP contribution in [0.3, 0.4) is 0 Å². The van der Waals surface area contributed by atoms with Crippen LogP contribution in [0.1, 0.15) is 0 Å². The van der Waals surface area contributed by atoms with Gasteiger partial charge in [-0.05, 0) is 23.8 Å². The maximum absolute atomic E-state index is 12.5. The molecule has 3 aromatic rings. The normalized spacial score (nSPS) is 12.1. The number of hydrogen-bond donors (Lipinski definition) is 2. The third-order valence-corrected chi connectivity index (χ3v) is 5.14. The van der Waals surface area contributed by atoms with E-state index in [1.165, 1.54) is 35.0 Å². The van der Waals surface area contributed by atoms with E-state index in [0.29, 0.717) is 16.8 Å². The quantitative estimate of drug-likeness (QED) is 0.564. The van der Waals surface area contributed by atoms with E-state index in [1.54, 1.807) is 13.1 Å². The van der Waals surface area contributed by atoms with Gasteiger partial charge in [0.15, 0.2) is 0 Å². The third-order valence-electron chi connectivity index (χ3n) is 4.17. The number of ether oxygens (including phenoxy) is 2. The number of aliphatic hydroxyl groups excluding tert-OH is 1. The minimum absolute atomic E-state index is 0.0558. The number of sulfonamides is 1. The molecule has 12 heteroatoms. The van der Waals surface area contributed by atoms with Crippen LogP contribution >= 0.6 is 0 Å². The molecule has 2 aromatic carbocycles. The Hall–Kier alpha value is -3.09. The number of halogens is 3. The second-order valence-corrected chi connectivity index (χ2v) is 7.87. The van der Waals surface area contributed by atoms with Gasteiger partial charge in [-0.15, -0.1) is 18.3 Å². The molecule has 0 amide bonds. The van der Waals surface area contributed by atoms with Crippen molar-refractivity contribution in [2.45, 2.75) is 11.3 Å². The Balaban J connectivity index is 2.21. The molecule has 31 heavy (non-hydrogen) atoms. The van der Waals surface area contributed by atoms with Crippen molar-refractivity contribution >= 4 is 10.0 Å². The van der Waals surface area contributed by atoms with Gasteiger partial charge in [-0.2, -0.15) is 0 Å². The summed E-state index contributed by atoms with van der Waals surface area (Å²) in [4.78, 5) is -0.162. The predicted octanol–water partition coefficient (Wildman–Crippen LogP) is 2.67. The SMILES string of the molecule is Cn1nc(OCCO)c(-c2ccc(OC(F)(F)F)cc2)c1-c1ccccc1S(N)(=O)=O. The number of benzene rings is 2. The van der Waals surface area contributed by atoms with Crippen molar-refractivity contribution in [1.29, 1.82) is 0 Å². The summed E-state index contributed by atoms with van der Waals surface area (Å²) < 4.78 is 72.3. The number of aryl methyl sites for hydroxylation is 1. The molecular formula is C19H18F3N3O5S. The van der Waals surface area contributed by atoms with Crippen molar-refractivity contribution in [3.05, 3.63) is 48.5 Å². The summed E-state index contributed by atoms with van der Waals surface area (Å²) in [7, 11) is -2.55. The monoisotopic (exact) mass is 457 g/mol. The fourth-order valence-corrected chi connectivity index (χ4v) is 3.79. The van der Waals surface area contributed by atoms with Crippen molar-refractivity contribution in [2.75, 3.05) is 13.2 Å². The summed E-state index contributed by atoms with van der Waals surface area (Å²) in [6.07, 6.45) is -4.84. The third kappa shape index (κ3) is 5.16. The molecule has 0 saturated heterocycles. The molecular weight excluding hydrogens is 439 g/mol. The Labute approximate surface area is 175 Å². The maximum atomic E-state index is 12.5. The zero-order chi connectivity index (χ0) is 22.8. The molecule has 3 N–H and O–H groups in total. The zero-order valence-corrected chi connectivity index (χ0v) is 16.9. The van der Waals surface area contributed by atoms with Crippen LogP contribution < -0.4 is 14.6 Å². The molecule has 1 heterocycles. The Morgan fingerprint density at radius 2 is 1.77 bits per heavy atom. The zero-order valence-electron chi connectivity index (χ0n) is 16.1. The first kappa shape index (κ1) is 22.6. The first-order chi connectivity index (χ1) is 14.5. The van der Waals surface area contributed by atoms with Crippen LogP contribution in [-0.2, 0) is 17.1 Å². The Morgan fingerprint density at radius 3 is 2.35 bits per heavy atom. The van der Waals surface area contributed by atoms with E-state index in [9.17, 15) is 21.6 Å². The van der Waals surface area contributed by atoms with Gasteiger partial charge in [0.25, 0.3) is 0 Å². The van der Waals surface area contributed by atoms with Gasteiger partial charge >= 0.3 is 6.36 Å². The van der Waals surface area contributed by atoms with Crippen LogP contribution in [0.4, 0.5) is 13.2 Å². The van der Waals surface area contributed by atoms with Crippen molar-refractivity contribution in [3.63, 3.8) is 0 Å². The number of alkyl halides is 3. The largest absolute Gasteiger partial charge is 0.573 e. The van der Waals surface area contributed by atoms with Gasteiger partial charge in [0, 0.05) is 12.6 Å². The van der Waals surface area contributed by atoms with Gasteiger partial charge in [0.05, 0.1) is 22.8 Å². The smallest absolute Gasteiger partial charge is 0.474 e. The highest BCUT2D eigenvalue weighted by molar-refractivity contribution is 7.89. The van der Waals surface area contributed by atoms with Crippen LogP contribution in [0.5, 0.6) is 11.6 Å². The summed E-state index contributed by atoms with van der Waals surface area (Å²) >= 11 is 0. The Bertz CT molecular complexity index is 1180. The number of aliphatic hydroxyl groups is 1. The molecule has 0 aliphatic rings. The molecule has 0 radical (unpaired) electrons. The molecule has 0 aliphatic carbocycles. The first-order valence-electron chi connectivity index (χ1n) is 8.80. The molecule has 0 unspecified atom stereocenters. The minimum Gasteiger partial charge on any atom is -0.474 e. The standard InChI is InChI=1S/C19H18F3N3O5S/c1-25-17(14-4-2-3-5-15(14)31(23,27)28)16(18(24-25)29-11-10-26)12-6-8-13(9-7-12)30-19(20,21)22/h2-9,26H,10-11H2,1H3,(H2,23,27,28). The van der Waals surface area contributed by atoms with Crippen molar-refractivity contribution in [2.24, 2.45) is 12.2 Å². The molecule has 166 valence electrons. The van der Waals surface area contributed by atoms with Crippen molar-refractivity contribution in [3.8, 4) is 34.0 Å². The van der Waals surface area contributed by atoms with E-state index >= 15 is 0 Å². The number of primary sulfonamides is 1. The molecule has 0 fully saturated rings. The average molecular weight is 457 g/mol. The number of nitrogens with zero attached hydrogens (tertiary/aromatic N) is 2. The van der Waals surface area contributed by atoms with E-state index in [1.807, 2.05) is 0 Å². The van der Waals surface area contributed by atoms with Gasteiger partial charge in [-0.1, -0.05) is 30.3 Å². The van der Waals surface area contributed by atoms with E-state index in [2.05, 4.69) is 9.84 Å². The van der Waals surface area contributed by atoms with Crippen LogP contribution in [0.25, 0.3) is 22.4 Å². The second-order valence-electron chi connectivity index (χ2n) is 6.34. The predicted molar refractivity (Wildman–Crippen MR) is 105 cm³/mol. The molecule has 0 spiro atoms. The topological polar surface area (TPSA) is 117 Å². The summed E-state index contributed by atoms with van der Waals surface area (Å²) in [5, 5.41) is 18.7. The lowest BCUT2D eigenvalue weighted by Gasteiger charge is -2.13. The highest BCUT2D eigenvalue weighted by Crippen LogP contribution is 2.41. The van der Waals surface area contributed by atoms with E-state index in [0.717, 1.165) is 12.1 Å². The van der Waals surface area contributed by atoms with Crippen LogP contribution in [0.2, 0.25) is 0 Å². The molecule has 3 rings (SSSR count). The minimum atomic E-state index is -4.84. The number of rotatable bonds is 7. The Kier molecular flexibility index (Phi) is 6.25. The summed E-state index contributed by atoms with van der Waals surface area (Å²) in [5.41, 5.74) is 1.23. The van der Waals surface area contributed by atoms with Crippen LogP contribution in [0, 0.1) is 0 Å². The maximum Gasteiger partial charge on any atom is 0.573 e. The lowest BCUT2D eigenvalue weighted by atomic mass is 10.0. The lowest BCUT2D eigenvalue weighted by Crippen LogP contribution is -2.16. The van der Waals surface area contributed by atoms with Crippen molar-refractivity contribution < 1.29 is 36.2 Å². The highest BCUT2D eigenvalue weighted by Gasteiger charge is 2.31. The fourth-order valence-electron chi connectivity index (χ4n) is 3.05. The highest BCUT2D eigenvalue weighted by atomic mass is 32.2. The number of aromatic nitrogens is 2. The van der Waals surface area contributed by atoms with E-state index < -0.39 is 22.1 Å². The molecule has 0 saturated carbocycles. The summed E-state index contributed by atoms with van der Waals surface area (Å²) in [6.45, 7) is -0.410. The molecule has 0 bridgehead atoms. The first-order valence-corrected chi connectivity index (χ1v) is 10.3. The van der Waals surface area contributed by atoms with Gasteiger partial charge in [0.2, 0.25) is 15.9 Å². The van der Waals surface area contributed by atoms with E-state index in [4.69, 9.17) is 15.0 Å². The summed E-state index contributed by atoms with van der Waals surface area (Å²) in [5.74, 6) is -0.371. The number of hydrogen-bond acceptors (Lipinski definition) is 6. The molecule has 0 aliphatic heterocycles. The van der Waals surface area contributed by atoms with Gasteiger partial charge in [-0.3, -0.25) is 4.68 Å². The summed E-state index contributed by atoms with van der Waals surface area (Å²) in [6, 6.07) is 10.9. The van der Waals surface area contributed by atoms with E-state index in [-0.39, 0.29) is 29.6 Å². The molecule has 8 nitrogen and oxygen atoms in total. The number of nitrogens with two attached hydrogens (primary N) is 1.